The molecule has 1 aromatic carbocycles. The molecule has 0 unspecified atom stereocenters. The highest BCUT2D eigenvalue weighted by atomic mass is 19.2. The fourth-order valence-electron chi connectivity index (χ4n) is 4.17. The van der Waals surface area contributed by atoms with E-state index in [9.17, 15) is 8.78 Å². The van der Waals surface area contributed by atoms with Crippen LogP contribution >= 0.6 is 0 Å². The number of anilines is 1. The van der Waals surface area contributed by atoms with Gasteiger partial charge in [-0.2, -0.15) is 0 Å². The molecule has 3 heterocycles. The van der Waals surface area contributed by atoms with Gasteiger partial charge >= 0.3 is 0 Å². The van der Waals surface area contributed by atoms with Crippen molar-refractivity contribution in [1.82, 2.24) is 19.9 Å². The number of rotatable bonds is 5. The summed E-state index contributed by atoms with van der Waals surface area (Å²) in [5, 5.41) is 0. The van der Waals surface area contributed by atoms with Crippen LogP contribution in [-0.2, 0) is 4.74 Å². The lowest BCUT2D eigenvalue weighted by molar-refractivity contribution is 0.121. The Morgan fingerprint density at radius 1 is 0.967 bits per heavy atom. The lowest BCUT2D eigenvalue weighted by Gasteiger charge is -2.20. The Kier molecular flexibility index (Phi) is 4.86. The maximum absolute atomic E-state index is 14.5. The standard InChI is InChI=1S/C22H21F2N5O/c1-30-15-3-6-29(12-15)19-8-13(7-18(23)20(19)24)16-9-17(16)14-10-27-22(28-11-14)21-25-4-2-5-26-21/h2,4-5,7-8,10-11,15-17H,3,6,9,12H2,1H3/t15-,16-,17-/m0/s1. The van der Waals surface area contributed by atoms with Gasteiger partial charge in [0.25, 0.3) is 0 Å². The first kappa shape index (κ1) is 19.0. The summed E-state index contributed by atoms with van der Waals surface area (Å²) in [5.41, 5.74) is 2.11. The SMILES string of the molecule is CO[C@H]1CCN(c2cc([C@@H]3C[C@H]3c3cnc(-c4ncccn4)nc3)cc(F)c2F)C1. The van der Waals surface area contributed by atoms with Gasteiger partial charge in [0.15, 0.2) is 23.3 Å². The summed E-state index contributed by atoms with van der Waals surface area (Å²) in [4.78, 5) is 18.9. The van der Waals surface area contributed by atoms with Gasteiger partial charge in [-0.05, 0) is 54.0 Å². The molecule has 154 valence electrons. The summed E-state index contributed by atoms with van der Waals surface area (Å²) in [5.74, 6) is -0.332. The van der Waals surface area contributed by atoms with E-state index in [0.29, 0.717) is 30.4 Å². The minimum Gasteiger partial charge on any atom is -0.380 e. The van der Waals surface area contributed by atoms with E-state index in [4.69, 9.17) is 4.74 Å². The number of methoxy groups -OCH3 is 1. The number of ether oxygens (including phenoxy) is 1. The van der Waals surface area contributed by atoms with Crippen molar-refractivity contribution in [2.24, 2.45) is 0 Å². The van der Waals surface area contributed by atoms with E-state index in [1.807, 2.05) is 4.90 Å². The largest absolute Gasteiger partial charge is 0.380 e. The highest BCUT2D eigenvalue weighted by Gasteiger charge is 2.41. The molecule has 0 spiro atoms. The first-order valence-electron chi connectivity index (χ1n) is 10.00. The molecule has 0 bridgehead atoms. The molecule has 30 heavy (non-hydrogen) atoms. The highest BCUT2D eigenvalue weighted by Crippen LogP contribution is 2.55. The molecule has 2 fully saturated rings. The molecule has 0 N–H and O–H groups in total. The summed E-state index contributed by atoms with van der Waals surface area (Å²) in [7, 11) is 1.65. The van der Waals surface area contributed by atoms with Gasteiger partial charge in [-0.3, -0.25) is 0 Å². The molecular formula is C22H21F2N5O. The van der Waals surface area contributed by atoms with Crippen LogP contribution in [0.4, 0.5) is 14.5 Å². The summed E-state index contributed by atoms with van der Waals surface area (Å²) in [6.45, 7) is 1.23. The van der Waals surface area contributed by atoms with Crippen molar-refractivity contribution >= 4 is 5.69 Å². The number of aromatic nitrogens is 4. The van der Waals surface area contributed by atoms with Gasteiger partial charge in [-0.1, -0.05) is 0 Å². The van der Waals surface area contributed by atoms with E-state index < -0.39 is 11.6 Å². The van der Waals surface area contributed by atoms with Gasteiger partial charge in [0.1, 0.15) is 0 Å². The van der Waals surface area contributed by atoms with E-state index in [2.05, 4.69) is 19.9 Å². The van der Waals surface area contributed by atoms with E-state index in [1.54, 1.807) is 44.0 Å². The average Bonchev–Trinajstić information content (AvgIpc) is 3.45. The van der Waals surface area contributed by atoms with Crippen molar-refractivity contribution in [3.05, 3.63) is 65.7 Å². The Bertz CT molecular complexity index is 1050. The fourth-order valence-corrected chi connectivity index (χ4v) is 4.17. The molecule has 1 aliphatic carbocycles. The second-order valence-electron chi connectivity index (χ2n) is 7.79. The minimum absolute atomic E-state index is 0.0500. The zero-order valence-corrected chi connectivity index (χ0v) is 16.5. The third-order valence-corrected chi connectivity index (χ3v) is 5.93. The average molecular weight is 409 g/mol. The highest BCUT2D eigenvalue weighted by molar-refractivity contribution is 5.54. The van der Waals surface area contributed by atoms with Gasteiger partial charge in [0.2, 0.25) is 0 Å². The molecule has 1 saturated carbocycles. The zero-order chi connectivity index (χ0) is 20.7. The third kappa shape index (κ3) is 3.52. The lowest BCUT2D eigenvalue weighted by Crippen LogP contribution is -2.23. The van der Waals surface area contributed by atoms with Crippen LogP contribution in [-0.4, -0.2) is 46.2 Å². The molecule has 0 amide bonds. The zero-order valence-electron chi connectivity index (χ0n) is 16.5. The van der Waals surface area contributed by atoms with Crippen molar-refractivity contribution in [3.8, 4) is 11.6 Å². The van der Waals surface area contributed by atoms with Gasteiger partial charge < -0.3 is 9.64 Å². The summed E-state index contributed by atoms with van der Waals surface area (Å²) in [6.07, 6.45) is 8.55. The fraction of sp³-hybridized carbons (Fsp3) is 0.364. The first-order valence-corrected chi connectivity index (χ1v) is 10.00. The number of benzene rings is 1. The van der Waals surface area contributed by atoms with Gasteiger partial charge in [-0.15, -0.1) is 0 Å². The summed E-state index contributed by atoms with van der Waals surface area (Å²) < 4.78 is 34.2. The molecule has 0 radical (unpaired) electrons. The molecule has 5 rings (SSSR count). The van der Waals surface area contributed by atoms with E-state index >= 15 is 0 Å². The predicted octanol–water partition coefficient (Wildman–Crippen LogP) is 3.71. The molecule has 2 aliphatic rings. The second kappa shape index (κ2) is 7.68. The molecule has 3 atom stereocenters. The van der Waals surface area contributed by atoms with E-state index in [1.165, 1.54) is 6.07 Å². The Hall–Kier alpha value is -3.00. The molecule has 1 aliphatic heterocycles. The molecular weight excluding hydrogens is 388 g/mol. The monoisotopic (exact) mass is 409 g/mol. The normalized spacial score (nSPS) is 23.0. The third-order valence-electron chi connectivity index (χ3n) is 5.93. The van der Waals surface area contributed by atoms with Gasteiger partial charge in [0.05, 0.1) is 11.8 Å². The van der Waals surface area contributed by atoms with Crippen LogP contribution in [0, 0.1) is 11.6 Å². The van der Waals surface area contributed by atoms with Crippen molar-refractivity contribution < 1.29 is 13.5 Å². The van der Waals surface area contributed by atoms with Crippen LogP contribution < -0.4 is 4.90 Å². The van der Waals surface area contributed by atoms with E-state index in [-0.39, 0.29) is 17.9 Å². The van der Waals surface area contributed by atoms with Gasteiger partial charge in [0, 0.05) is 45.0 Å². The van der Waals surface area contributed by atoms with Crippen LogP contribution in [0.1, 0.15) is 35.8 Å². The number of hydrogen-bond donors (Lipinski definition) is 0. The first-order chi connectivity index (χ1) is 14.6. The molecule has 2 aromatic heterocycles. The minimum atomic E-state index is -0.804. The predicted molar refractivity (Wildman–Crippen MR) is 107 cm³/mol. The van der Waals surface area contributed by atoms with Crippen LogP contribution in [0.5, 0.6) is 0 Å². The van der Waals surface area contributed by atoms with Crippen LogP contribution in [0.25, 0.3) is 11.6 Å². The maximum atomic E-state index is 14.5. The lowest BCUT2D eigenvalue weighted by atomic mass is 10.0. The Morgan fingerprint density at radius 3 is 2.37 bits per heavy atom. The topological polar surface area (TPSA) is 64.0 Å². The quantitative estimate of drug-likeness (QED) is 0.640. The number of hydrogen-bond acceptors (Lipinski definition) is 6. The smallest absolute Gasteiger partial charge is 0.197 e. The van der Waals surface area contributed by atoms with Crippen LogP contribution in [0.3, 0.4) is 0 Å². The number of nitrogens with zero attached hydrogens (tertiary/aromatic N) is 5. The summed E-state index contributed by atoms with van der Waals surface area (Å²) in [6, 6.07) is 4.84. The maximum Gasteiger partial charge on any atom is 0.197 e. The van der Waals surface area contributed by atoms with Gasteiger partial charge in [-0.25, -0.2) is 28.7 Å². The second-order valence-corrected chi connectivity index (χ2v) is 7.79. The van der Waals surface area contributed by atoms with Crippen LogP contribution in [0.15, 0.2) is 43.0 Å². The molecule has 8 heteroatoms. The molecule has 6 nitrogen and oxygen atoms in total. The molecule has 3 aromatic rings. The van der Waals surface area contributed by atoms with E-state index in [0.717, 1.165) is 24.0 Å². The number of halogens is 2. The van der Waals surface area contributed by atoms with Crippen molar-refractivity contribution in [2.45, 2.75) is 30.8 Å². The Morgan fingerprint density at radius 2 is 1.67 bits per heavy atom. The molecule has 1 saturated heterocycles. The summed E-state index contributed by atoms with van der Waals surface area (Å²) >= 11 is 0. The Balaban J connectivity index is 1.35. The van der Waals surface area contributed by atoms with Crippen LogP contribution in [0.2, 0.25) is 0 Å². The van der Waals surface area contributed by atoms with Crippen molar-refractivity contribution in [2.75, 3.05) is 25.1 Å². The Labute approximate surface area is 173 Å². The van der Waals surface area contributed by atoms with Crippen molar-refractivity contribution in [1.29, 1.82) is 0 Å². The van der Waals surface area contributed by atoms with Crippen molar-refractivity contribution in [3.63, 3.8) is 0 Å².